The van der Waals surface area contributed by atoms with E-state index < -0.39 is 27.0 Å². The van der Waals surface area contributed by atoms with Gasteiger partial charge in [0.05, 0.1) is 5.56 Å². The molecule has 0 fully saturated rings. The average Bonchev–Trinajstić information content (AvgIpc) is 2.01. The summed E-state index contributed by atoms with van der Waals surface area (Å²) in [6.07, 6.45) is -2.96. The van der Waals surface area contributed by atoms with Crippen molar-refractivity contribution in [1.82, 2.24) is 4.98 Å². The van der Waals surface area contributed by atoms with E-state index >= 15 is 0 Å². The van der Waals surface area contributed by atoms with Crippen molar-refractivity contribution in [1.29, 1.82) is 0 Å². The second kappa shape index (κ2) is 3.76. The Morgan fingerprint density at radius 2 is 2.00 bits per heavy atom. The molecule has 4 nitrogen and oxygen atoms in total. The standard InChI is InChI=1S/C6H5ClF2N2O2S/c7-4-2-1-3(5(8)9)6(11-4)14(10,12)13/h1-2,5H,(H2,10,12,13). The SMILES string of the molecule is NS(=O)(=O)c1nc(Cl)ccc1C(F)F. The van der Waals surface area contributed by atoms with Gasteiger partial charge in [0.25, 0.3) is 16.4 Å². The summed E-state index contributed by atoms with van der Waals surface area (Å²) in [6, 6.07) is 1.94. The number of alkyl halides is 2. The zero-order valence-corrected chi connectivity index (χ0v) is 8.19. The Labute approximate surface area is 83.8 Å². The van der Waals surface area contributed by atoms with E-state index in [1.807, 2.05) is 0 Å². The van der Waals surface area contributed by atoms with E-state index in [0.717, 1.165) is 12.1 Å². The van der Waals surface area contributed by atoms with Gasteiger partial charge in [-0.3, -0.25) is 0 Å². The normalized spacial score (nSPS) is 12.1. The molecule has 0 amide bonds. The summed E-state index contributed by atoms with van der Waals surface area (Å²) in [4.78, 5) is 3.24. The number of rotatable bonds is 2. The molecule has 0 spiro atoms. The number of nitrogens with two attached hydrogens (primary N) is 1. The molecular formula is C6H5ClF2N2O2S. The molecule has 78 valence electrons. The van der Waals surface area contributed by atoms with Crippen LogP contribution in [0.3, 0.4) is 0 Å². The average molecular weight is 243 g/mol. The Balaban J connectivity index is 3.46. The number of nitrogens with zero attached hydrogens (tertiary/aromatic N) is 1. The highest BCUT2D eigenvalue weighted by molar-refractivity contribution is 7.89. The van der Waals surface area contributed by atoms with Crippen LogP contribution in [0, 0.1) is 0 Å². The van der Waals surface area contributed by atoms with Crippen molar-refractivity contribution in [2.24, 2.45) is 5.14 Å². The highest BCUT2D eigenvalue weighted by Crippen LogP contribution is 2.25. The van der Waals surface area contributed by atoms with Crippen LogP contribution < -0.4 is 5.14 Å². The quantitative estimate of drug-likeness (QED) is 0.795. The molecule has 0 saturated heterocycles. The first kappa shape index (κ1) is 11.3. The molecule has 1 aromatic rings. The van der Waals surface area contributed by atoms with E-state index in [4.69, 9.17) is 11.6 Å². The highest BCUT2D eigenvalue weighted by atomic mass is 35.5. The minimum Gasteiger partial charge on any atom is -0.223 e. The summed E-state index contributed by atoms with van der Waals surface area (Å²) >= 11 is 5.35. The predicted octanol–water partition coefficient (Wildman–Crippen LogP) is 1.32. The van der Waals surface area contributed by atoms with Crippen molar-refractivity contribution in [3.05, 3.63) is 22.8 Å². The third-order valence-corrected chi connectivity index (χ3v) is 2.44. The molecule has 0 radical (unpaired) electrons. The molecule has 0 aromatic carbocycles. The minimum absolute atomic E-state index is 0.210. The molecule has 0 unspecified atom stereocenters. The number of pyridine rings is 1. The van der Waals surface area contributed by atoms with Crippen LogP contribution >= 0.6 is 11.6 Å². The maximum absolute atomic E-state index is 12.3. The fraction of sp³-hybridized carbons (Fsp3) is 0.167. The van der Waals surface area contributed by atoms with E-state index in [-0.39, 0.29) is 5.15 Å². The topological polar surface area (TPSA) is 73.1 Å². The van der Waals surface area contributed by atoms with Crippen molar-refractivity contribution >= 4 is 21.6 Å². The van der Waals surface area contributed by atoms with Crippen molar-refractivity contribution in [3.8, 4) is 0 Å². The lowest BCUT2D eigenvalue weighted by Crippen LogP contribution is -2.16. The summed E-state index contributed by atoms with van der Waals surface area (Å²) in [7, 11) is -4.28. The Hall–Kier alpha value is -0.790. The number of hydrogen-bond acceptors (Lipinski definition) is 3. The van der Waals surface area contributed by atoms with E-state index in [1.165, 1.54) is 0 Å². The van der Waals surface area contributed by atoms with Crippen molar-refractivity contribution < 1.29 is 17.2 Å². The first-order chi connectivity index (χ1) is 6.32. The summed E-state index contributed by atoms with van der Waals surface area (Å²) in [5.74, 6) is 0. The molecule has 0 aliphatic rings. The maximum atomic E-state index is 12.3. The molecule has 0 atom stereocenters. The van der Waals surface area contributed by atoms with Gasteiger partial charge in [-0.15, -0.1) is 0 Å². The largest absolute Gasteiger partial charge is 0.266 e. The number of sulfonamides is 1. The van der Waals surface area contributed by atoms with Crippen LogP contribution in [-0.4, -0.2) is 13.4 Å². The minimum atomic E-state index is -4.28. The van der Waals surface area contributed by atoms with E-state index in [1.54, 1.807) is 0 Å². The molecule has 0 aliphatic carbocycles. The Bertz CT molecular complexity index is 449. The van der Waals surface area contributed by atoms with Gasteiger partial charge in [-0.25, -0.2) is 27.3 Å². The zero-order chi connectivity index (χ0) is 10.9. The van der Waals surface area contributed by atoms with Gasteiger partial charge in [0.15, 0.2) is 5.03 Å². The second-order valence-corrected chi connectivity index (χ2v) is 4.24. The summed E-state index contributed by atoms with van der Waals surface area (Å²) in [5.41, 5.74) is -0.753. The predicted molar refractivity (Wildman–Crippen MR) is 45.6 cm³/mol. The lowest BCUT2D eigenvalue weighted by molar-refractivity contribution is 0.147. The molecular weight excluding hydrogens is 238 g/mol. The van der Waals surface area contributed by atoms with Crippen molar-refractivity contribution in [3.63, 3.8) is 0 Å². The van der Waals surface area contributed by atoms with Crippen LogP contribution in [0.25, 0.3) is 0 Å². The van der Waals surface area contributed by atoms with E-state index in [2.05, 4.69) is 10.1 Å². The van der Waals surface area contributed by atoms with Gasteiger partial charge in [-0.05, 0) is 12.1 Å². The molecule has 2 N–H and O–H groups in total. The number of halogens is 3. The van der Waals surface area contributed by atoms with Gasteiger partial charge >= 0.3 is 0 Å². The van der Waals surface area contributed by atoms with Crippen molar-refractivity contribution in [2.45, 2.75) is 11.5 Å². The first-order valence-electron chi connectivity index (χ1n) is 3.30. The highest BCUT2D eigenvalue weighted by Gasteiger charge is 2.22. The molecule has 1 rings (SSSR count). The summed E-state index contributed by atoms with van der Waals surface area (Å²) in [6.45, 7) is 0. The Morgan fingerprint density at radius 1 is 1.43 bits per heavy atom. The van der Waals surface area contributed by atoms with Crippen LogP contribution in [0.15, 0.2) is 17.2 Å². The second-order valence-electron chi connectivity index (χ2n) is 2.37. The van der Waals surface area contributed by atoms with Gasteiger partial charge in [0, 0.05) is 0 Å². The van der Waals surface area contributed by atoms with Gasteiger partial charge in [0.2, 0.25) is 0 Å². The lowest BCUT2D eigenvalue weighted by atomic mass is 10.3. The van der Waals surface area contributed by atoms with Gasteiger partial charge < -0.3 is 0 Å². The maximum Gasteiger partial charge on any atom is 0.266 e. The molecule has 1 aromatic heterocycles. The monoisotopic (exact) mass is 242 g/mol. The van der Waals surface area contributed by atoms with Gasteiger partial charge in [-0.2, -0.15) is 0 Å². The number of hydrogen-bond donors (Lipinski definition) is 1. The van der Waals surface area contributed by atoms with Crippen LogP contribution in [0.5, 0.6) is 0 Å². The van der Waals surface area contributed by atoms with Crippen molar-refractivity contribution in [2.75, 3.05) is 0 Å². The lowest BCUT2D eigenvalue weighted by Gasteiger charge is -2.05. The van der Waals surface area contributed by atoms with Crippen LogP contribution in [-0.2, 0) is 10.0 Å². The molecule has 0 saturated carbocycles. The smallest absolute Gasteiger partial charge is 0.223 e. The van der Waals surface area contributed by atoms with Crippen LogP contribution in [0.2, 0.25) is 5.15 Å². The summed E-state index contributed by atoms with van der Waals surface area (Å²) in [5, 5.41) is 3.58. The summed E-state index contributed by atoms with van der Waals surface area (Å²) < 4.78 is 46.2. The van der Waals surface area contributed by atoms with E-state index in [9.17, 15) is 17.2 Å². The molecule has 8 heteroatoms. The van der Waals surface area contributed by atoms with Crippen LogP contribution in [0.4, 0.5) is 8.78 Å². The Kier molecular flexibility index (Phi) is 3.03. The van der Waals surface area contributed by atoms with Gasteiger partial charge in [0.1, 0.15) is 5.15 Å². The third-order valence-electron chi connectivity index (χ3n) is 1.36. The first-order valence-corrected chi connectivity index (χ1v) is 5.22. The Morgan fingerprint density at radius 3 is 2.43 bits per heavy atom. The number of aromatic nitrogens is 1. The molecule has 14 heavy (non-hydrogen) atoms. The van der Waals surface area contributed by atoms with Crippen LogP contribution in [0.1, 0.15) is 12.0 Å². The molecule has 1 heterocycles. The molecule has 0 bridgehead atoms. The zero-order valence-electron chi connectivity index (χ0n) is 6.62. The van der Waals surface area contributed by atoms with Gasteiger partial charge in [-0.1, -0.05) is 11.6 Å². The fourth-order valence-corrected chi connectivity index (χ4v) is 1.73. The third kappa shape index (κ3) is 2.37. The number of primary sulfonamides is 1. The molecule has 0 aliphatic heterocycles. The van der Waals surface area contributed by atoms with E-state index in [0.29, 0.717) is 0 Å². The fourth-order valence-electron chi connectivity index (χ4n) is 0.823.